The third kappa shape index (κ3) is 4.21. The van der Waals surface area contributed by atoms with Crippen molar-refractivity contribution < 1.29 is 14.6 Å². The van der Waals surface area contributed by atoms with E-state index >= 15 is 0 Å². The first-order valence-corrected chi connectivity index (χ1v) is 6.47. The maximum absolute atomic E-state index is 9.10. The molecule has 0 saturated carbocycles. The van der Waals surface area contributed by atoms with Crippen LogP contribution >= 0.6 is 15.9 Å². The van der Waals surface area contributed by atoms with Gasteiger partial charge in [-0.15, -0.1) is 0 Å². The first-order valence-electron chi connectivity index (χ1n) is 5.68. The van der Waals surface area contributed by atoms with Gasteiger partial charge in [0.05, 0.1) is 24.8 Å². The van der Waals surface area contributed by atoms with Crippen molar-refractivity contribution in [2.75, 3.05) is 13.7 Å². The van der Waals surface area contributed by atoms with E-state index in [0.717, 1.165) is 16.5 Å². The van der Waals surface area contributed by atoms with E-state index in [1.807, 2.05) is 6.07 Å². The van der Waals surface area contributed by atoms with E-state index in [1.165, 1.54) is 0 Å². The summed E-state index contributed by atoms with van der Waals surface area (Å²) in [6, 6.07) is 3.63. The Hall–Kier alpha value is -0.740. The second kappa shape index (κ2) is 6.87. The molecule has 0 aliphatic rings. The van der Waals surface area contributed by atoms with Gasteiger partial charge in [-0.3, -0.25) is 0 Å². The lowest BCUT2D eigenvalue weighted by atomic mass is 10.1. The van der Waals surface area contributed by atoms with Gasteiger partial charge in [0.25, 0.3) is 0 Å². The average molecular weight is 303 g/mol. The fourth-order valence-electron chi connectivity index (χ4n) is 1.40. The van der Waals surface area contributed by atoms with E-state index < -0.39 is 0 Å². The van der Waals surface area contributed by atoms with Crippen LogP contribution in [0.25, 0.3) is 0 Å². The summed E-state index contributed by atoms with van der Waals surface area (Å²) in [4.78, 5) is 0. The van der Waals surface area contributed by atoms with E-state index in [-0.39, 0.29) is 6.61 Å². The minimum Gasteiger partial charge on any atom is -0.493 e. The molecule has 0 aliphatic carbocycles. The third-order valence-electron chi connectivity index (χ3n) is 2.41. The molecule has 3 nitrogen and oxygen atoms in total. The number of hydrogen-bond donors (Lipinski definition) is 1. The summed E-state index contributed by atoms with van der Waals surface area (Å²) in [7, 11) is 1.60. The van der Waals surface area contributed by atoms with Crippen molar-refractivity contribution >= 4 is 15.9 Å². The number of aliphatic hydroxyl groups excluding tert-OH is 1. The maximum Gasteiger partial charge on any atom is 0.175 e. The molecule has 1 aromatic carbocycles. The topological polar surface area (TPSA) is 38.7 Å². The van der Waals surface area contributed by atoms with Crippen molar-refractivity contribution in [3.05, 3.63) is 22.2 Å². The Morgan fingerprint density at radius 1 is 1.35 bits per heavy atom. The summed E-state index contributed by atoms with van der Waals surface area (Å²) < 4.78 is 11.8. The van der Waals surface area contributed by atoms with Crippen LogP contribution in [-0.2, 0) is 6.61 Å². The molecule has 0 spiro atoms. The van der Waals surface area contributed by atoms with E-state index in [4.69, 9.17) is 14.6 Å². The molecule has 96 valence electrons. The Bertz CT molecular complexity index is 364. The molecule has 4 heteroatoms. The van der Waals surface area contributed by atoms with Crippen LogP contribution in [0, 0.1) is 5.92 Å². The Labute approximate surface area is 111 Å². The molecule has 0 aromatic heterocycles. The molecule has 1 N–H and O–H groups in total. The second-order valence-corrected chi connectivity index (χ2v) is 5.15. The zero-order valence-electron chi connectivity index (χ0n) is 10.5. The Kier molecular flexibility index (Phi) is 5.78. The molecular formula is C13H19BrO3. The van der Waals surface area contributed by atoms with Gasteiger partial charge in [-0.25, -0.2) is 0 Å². The molecule has 1 aromatic rings. The highest BCUT2D eigenvalue weighted by atomic mass is 79.9. The summed E-state index contributed by atoms with van der Waals surface area (Å²) in [5.41, 5.74) is 0.796. The smallest absolute Gasteiger partial charge is 0.175 e. The Balaban J connectivity index is 2.82. The van der Waals surface area contributed by atoms with Gasteiger partial charge < -0.3 is 14.6 Å². The predicted octanol–water partition coefficient (Wildman–Crippen LogP) is 3.37. The van der Waals surface area contributed by atoms with Crippen LogP contribution in [0.1, 0.15) is 25.8 Å². The van der Waals surface area contributed by atoms with Crippen molar-refractivity contribution in [2.24, 2.45) is 5.92 Å². The SMILES string of the molecule is COc1cc(CO)cc(Br)c1OCCC(C)C. The van der Waals surface area contributed by atoms with E-state index in [0.29, 0.717) is 24.0 Å². The predicted molar refractivity (Wildman–Crippen MR) is 71.6 cm³/mol. The molecular weight excluding hydrogens is 284 g/mol. The average Bonchev–Trinajstić information content (AvgIpc) is 2.30. The van der Waals surface area contributed by atoms with Gasteiger partial charge in [-0.2, -0.15) is 0 Å². The van der Waals surface area contributed by atoms with Crippen LogP contribution in [0.15, 0.2) is 16.6 Å². The lowest BCUT2D eigenvalue weighted by Gasteiger charge is -2.14. The minimum atomic E-state index is -0.0127. The van der Waals surface area contributed by atoms with Gasteiger partial charge in [-0.1, -0.05) is 13.8 Å². The van der Waals surface area contributed by atoms with Crippen LogP contribution in [0.4, 0.5) is 0 Å². The number of aliphatic hydroxyl groups is 1. The normalized spacial score (nSPS) is 10.7. The van der Waals surface area contributed by atoms with E-state index in [9.17, 15) is 0 Å². The summed E-state index contributed by atoms with van der Waals surface area (Å²) >= 11 is 3.43. The second-order valence-electron chi connectivity index (χ2n) is 4.30. The van der Waals surface area contributed by atoms with Crippen molar-refractivity contribution in [1.82, 2.24) is 0 Å². The van der Waals surface area contributed by atoms with Crippen molar-refractivity contribution in [1.29, 1.82) is 0 Å². The highest BCUT2D eigenvalue weighted by molar-refractivity contribution is 9.10. The number of benzene rings is 1. The number of methoxy groups -OCH3 is 1. The number of ether oxygens (including phenoxy) is 2. The molecule has 17 heavy (non-hydrogen) atoms. The van der Waals surface area contributed by atoms with Gasteiger partial charge in [0.15, 0.2) is 11.5 Å². The first kappa shape index (κ1) is 14.3. The van der Waals surface area contributed by atoms with Crippen LogP contribution in [0.5, 0.6) is 11.5 Å². The monoisotopic (exact) mass is 302 g/mol. The number of halogens is 1. The zero-order chi connectivity index (χ0) is 12.8. The quantitative estimate of drug-likeness (QED) is 0.875. The number of rotatable bonds is 6. The van der Waals surface area contributed by atoms with Crippen molar-refractivity contribution in [2.45, 2.75) is 26.9 Å². The van der Waals surface area contributed by atoms with E-state index in [1.54, 1.807) is 13.2 Å². The third-order valence-corrected chi connectivity index (χ3v) is 3.00. The highest BCUT2D eigenvalue weighted by Crippen LogP contribution is 2.36. The van der Waals surface area contributed by atoms with E-state index in [2.05, 4.69) is 29.8 Å². The van der Waals surface area contributed by atoms with Crippen molar-refractivity contribution in [3.63, 3.8) is 0 Å². The van der Waals surface area contributed by atoms with Crippen LogP contribution < -0.4 is 9.47 Å². The highest BCUT2D eigenvalue weighted by Gasteiger charge is 2.11. The van der Waals surface area contributed by atoms with Gasteiger partial charge in [-0.05, 0) is 46.0 Å². The largest absolute Gasteiger partial charge is 0.493 e. The van der Waals surface area contributed by atoms with Gasteiger partial charge in [0.2, 0.25) is 0 Å². The Morgan fingerprint density at radius 3 is 2.59 bits per heavy atom. The molecule has 0 aliphatic heterocycles. The molecule has 0 radical (unpaired) electrons. The van der Waals surface area contributed by atoms with Gasteiger partial charge in [0, 0.05) is 0 Å². The molecule has 0 unspecified atom stereocenters. The molecule has 0 bridgehead atoms. The summed E-state index contributed by atoms with van der Waals surface area (Å²) in [5.74, 6) is 1.95. The summed E-state index contributed by atoms with van der Waals surface area (Å²) in [6.45, 7) is 4.96. The summed E-state index contributed by atoms with van der Waals surface area (Å²) in [5, 5.41) is 9.10. The molecule has 1 rings (SSSR count). The standard InChI is InChI=1S/C13H19BrO3/c1-9(2)4-5-17-13-11(14)6-10(8-15)7-12(13)16-3/h6-7,9,15H,4-5,8H2,1-3H3. The Morgan fingerprint density at radius 2 is 2.06 bits per heavy atom. The fraction of sp³-hybridized carbons (Fsp3) is 0.538. The van der Waals surface area contributed by atoms with Crippen molar-refractivity contribution in [3.8, 4) is 11.5 Å². The van der Waals surface area contributed by atoms with Crippen LogP contribution in [0.3, 0.4) is 0 Å². The minimum absolute atomic E-state index is 0.0127. The molecule has 0 heterocycles. The zero-order valence-corrected chi connectivity index (χ0v) is 12.1. The molecule has 0 amide bonds. The molecule has 0 saturated heterocycles. The lowest BCUT2D eigenvalue weighted by molar-refractivity contribution is 0.267. The van der Waals surface area contributed by atoms with Gasteiger partial charge >= 0.3 is 0 Å². The van der Waals surface area contributed by atoms with Gasteiger partial charge in [0.1, 0.15) is 0 Å². The van der Waals surface area contributed by atoms with Crippen LogP contribution in [0.2, 0.25) is 0 Å². The molecule has 0 fully saturated rings. The number of hydrogen-bond acceptors (Lipinski definition) is 3. The summed E-state index contributed by atoms with van der Waals surface area (Å²) in [6.07, 6.45) is 0.997. The molecule has 0 atom stereocenters. The fourth-order valence-corrected chi connectivity index (χ4v) is 2.01. The lowest BCUT2D eigenvalue weighted by Crippen LogP contribution is -2.03. The maximum atomic E-state index is 9.10. The van der Waals surface area contributed by atoms with Crippen LogP contribution in [-0.4, -0.2) is 18.8 Å². The first-order chi connectivity index (χ1) is 8.08.